The third kappa shape index (κ3) is 2.93. The molecule has 2 aliphatic carbocycles. The highest BCUT2D eigenvalue weighted by Gasteiger charge is 2.70. The topological polar surface area (TPSA) is 136 Å². The average Bonchev–Trinajstić information content (AvgIpc) is 3.36. The van der Waals surface area contributed by atoms with Gasteiger partial charge in [-0.1, -0.05) is 11.6 Å². The summed E-state index contributed by atoms with van der Waals surface area (Å²) in [7, 11) is 0. The average molecular weight is 483 g/mol. The fourth-order valence-corrected chi connectivity index (χ4v) is 6.18. The lowest BCUT2D eigenvalue weighted by Gasteiger charge is -2.25. The molecular formula is C24H24ClFN6O2. The van der Waals surface area contributed by atoms with Crippen molar-refractivity contribution in [2.45, 2.75) is 44.4 Å². The Labute approximate surface area is 199 Å². The van der Waals surface area contributed by atoms with Crippen LogP contribution < -0.4 is 11.5 Å². The number of aliphatic hydroxyl groups excluding tert-OH is 2. The Morgan fingerprint density at radius 2 is 1.97 bits per heavy atom. The summed E-state index contributed by atoms with van der Waals surface area (Å²) < 4.78 is 16.8. The largest absolute Gasteiger partial charge is 0.390 e. The van der Waals surface area contributed by atoms with Crippen LogP contribution in [0.5, 0.6) is 0 Å². The summed E-state index contributed by atoms with van der Waals surface area (Å²) in [6.45, 7) is 1.93. The summed E-state index contributed by atoms with van der Waals surface area (Å²) in [5, 5.41) is 23.7. The van der Waals surface area contributed by atoms with Crippen molar-refractivity contribution in [2.75, 3.05) is 11.5 Å². The number of anilines is 2. The quantitative estimate of drug-likeness (QED) is 0.350. The molecule has 3 aromatic heterocycles. The van der Waals surface area contributed by atoms with E-state index in [9.17, 15) is 14.6 Å². The number of nitrogen functional groups attached to an aromatic ring is 2. The van der Waals surface area contributed by atoms with Gasteiger partial charge in [-0.05, 0) is 61.9 Å². The van der Waals surface area contributed by atoms with Gasteiger partial charge in [-0.3, -0.25) is 0 Å². The minimum Gasteiger partial charge on any atom is -0.390 e. The Kier molecular flexibility index (Phi) is 4.58. The molecule has 6 rings (SSSR count). The Morgan fingerprint density at radius 3 is 2.76 bits per heavy atom. The van der Waals surface area contributed by atoms with E-state index >= 15 is 0 Å². The second-order valence-electron chi connectivity index (χ2n) is 9.61. The van der Waals surface area contributed by atoms with E-state index in [0.717, 1.165) is 17.5 Å². The zero-order valence-electron chi connectivity index (χ0n) is 18.4. The van der Waals surface area contributed by atoms with Crippen LogP contribution in [-0.2, 0) is 6.42 Å². The van der Waals surface area contributed by atoms with Crippen molar-refractivity contribution in [3.63, 3.8) is 0 Å². The van der Waals surface area contributed by atoms with Crippen LogP contribution in [0.2, 0.25) is 5.02 Å². The third-order valence-electron chi connectivity index (χ3n) is 7.83. The first kappa shape index (κ1) is 21.5. The van der Waals surface area contributed by atoms with Crippen molar-refractivity contribution in [2.24, 2.45) is 11.3 Å². The van der Waals surface area contributed by atoms with Gasteiger partial charge in [0.05, 0.1) is 28.1 Å². The van der Waals surface area contributed by atoms with Crippen LogP contribution >= 0.6 is 11.6 Å². The molecule has 0 aliphatic heterocycles. The molecule has 0 bridgehead atoms. The van der Waals surface area contributed by atoms with Crippen molar-refractivity contribution in [3.8, 4) is 0 Å². The van der Waals surface area contributed by atoms with Crippen LogP contribution in [0.3, 0.4) is 0 Å². The van der Waals surface area contributed by atoms with Crippen LogP contribution in [0, 0.1) is 24.1 Å². The number of hydrogen-bond acceptors (Lipinski definition) is 7. The number of aromatic nitrogens is 4. The predicted octanol–water partition coefficient (Wildman–Crippen LogP) is 3.16. The van der Waals surface area contributed by atoms with Crippen LogP contribution in [-0.4, -0.2) is 41.9 Å². The summed E-state index contributed by atoms with van der Waals surface area (Å²) in [5.41, 5.74) is 14.0. The second kappa shape index (κ2) is 7.24. The zero-order chi connectivity index (χ0) is 23.9. The molecule has 6 N–H and O–H groups in total. The van der Waals surface area contributed by atoms with E-state index in [4.69, 9.17) is 23.1 Å². The Balaban J connectivity index is 1.30. The molecule has 10 heteroatoms. The van der Waals surface area contributed by atoms with Gasteiger partial charge in [-0.15, -0.1) is 0 Å². The number of aliphatic hydroxyl groups is 2. The second-order valence-corrected chi connectivity index (χ2v) is 10.0. The standard InChI is InChI=1S/C24H24ClFN6O2/c1-10-4-13-21(27)29-9-30-23(13)32(10)18-14-8-24(14,20(34)19(18)33)3-2-11-7-17-12(6-16(11)26)5-15(25)22(28)31-17/h4-7,9,14,18-20,33-34H,2-3,8H2,1H3,(H2,28,31)(H2,27,29,30)/t14-,18-,19+,20+,24?/m1/s1. The minimum atomic E-state index is -0.964. The molecule has 0 radical (unpaired) electrons. The van der Waals surface area contributed by atoms with Gasteiger partial charge in [0, 0.05) is 16.5 Å². The fraction of sp³-hybridized carbons (Fsp3) is 0.375. The van der Waals surface area contributed by atoms with Crippen LogP contribution in [0.25, 0.3) is 21.9 Å². The first-order valence-electron chi connectivity index (χ1n) is 11.2. The van der Waals surface area contributed by atoms with Crippen molar-refractivity contribution in [1.82, 2.24) is 19.5 Å². The Bertz CT molecular complexity index is 1480. The molecule has 0 amide bonds. The molecule has 0 spiro atoms. The number of fused-ring (bicyclic) bond motifs is 3. The molecule has 5 atom stereocenters. The maximum Gasteiger partial charge on any atom is 0.146 e. The normalized spacial score (nSPS) is 28.0. The van der Waals surface area contributed by atoms with E-state index in [-0.39, 0.29) is 28.6 Å². The number of nitrogens with zero attached hydrogens (tertiary/aromatic N) is 4. The van der Waals surface area contributed by atoms with Gasteiger partial charge in [0.25, 0.3) is 0 Å². The van der Waals surface area contributed by atoms with Gasteiger partial charge in [0.1, 0.15) is 35.5 Å². The van der Waals surface area contributed by atoms with E-state index < -0.39 is 17.6 Å². The molecule has 0 saturated heterocycles. The summed E-state index contributed by atoms with van der Waals surface area (Å²) in [6.07, 6.45) is 1.20. The van der Waals surface area contributed by atoms with E-state index in [1.807, 2.05) is 17.6 Å². The number of halogens is 2. The first-order valence-corrected chi connectivity index (χ1v) is 11.6. The number of nitrogens with two attached hydrogens (primary N) is 2. The maximum absolute atomic E-state index is 14.9. The van der Waals surface area contributed by atoms with E-state index in [2.05, 4.69) is 15.0 Å². The predicted molar refractivity (Wildman–Crippen MR) is 128 cm³/mol. The Morgan fingerprint density at radius 1 is 1.18 bits per heavy atom. The third-order valence-corrected chi connectivity index (χ3v) is 8.13. The molecule has 3 heterocycles. The number of aryl methyl sites for hydroxylation is 2. The fourth-order valence-electron chi connectivity index (χ4n) is 6.02. The van der Waals surface area contributed by atoms with Crippen LogP contribution in [0.1, 0.15) is 30.1 Å². The zero-order valence-corrected chi connectivity index (χ0v) is 19.2. The molecule has 4 aromatic rings. The molecular weight excluding hydrogens is 459 g/mol. The van der Waals surface area contributed by atoms with Crippen molar-refractivity contribution in [3.05, 3.63) is 52.7 Å². The minimum absolute atomic E-state index is 0.0408. The lowest BCUT2D eigenvalue weighted by atomic mass is 9.91. The van der Waals surface area contributed by atoms with Gasteiger partial charge in [0.2, 0.25) is 0 Å². The molecule has 176 valence electrons. The molecule has 2 aliphatic rings. The number of benzene rings is 1. The molecule has 1 aromatic carbocycles. The lowest BCUT2D eigenvalue weighted by molar-refractivity contribution is -0.0194. The molecule has 34 heavy (non-hydrogen) atoms. The van der Waals surface area contributed by atoms with E-state index in [1.54, 1.807) is 12.1 Å². The smallest absolute Gasteiger partial charge is 0.146 e. The first-order chi connectivity index (χ1) is 16.2. The number of hydrogen-bond donors (Lipinski definition) is 4. The van der Waals surface area contributed by atoms with Crippen LogP contribution in [0.15, 0.2) is 30.6 Å². The number of rotatable bonds is 4. The molecule has 1 unspecified atom stereocenters. The Hall–Kier alpha value is -3.01. The highest BCUT2D eigenvalue weighted by molar-refractivity contribution is 6.33. The maximum atomic E-state index is 14.9. The van der Waals surface area contributed by atoms with Gasteiger partial charge in [-0.25, -0.2) is 19.3 Å². The SMILES string of the molecule is Cc1cc2c(N)ncnc2n1[C@H]1[C@H](O)[C@H](O)C2(CCc3cc4nc(N)c(Cl)cc4cc3F)C[C@H]12. The van der Waals surface area contributed by atoms with Crippen molar-refractivity contribution in [1.29, 1.82) is 0 Å². The summed E-state index contributed by atoms with van der Waals surface area (Å²) >= 11 is 6.01. The highest BCUT2D eigenvalue weighted by Crippen LogP contribution is 2.70. The molecule has 2 saturated carbocycles. The van der Waals surface area contributed by atoms with Crippen molar-refractivity contribution >= 4 is 45.2 Å². The lowest BCUT2D eigenvalue weighted by Crippen LogP contribution is -2.34. The van der Waals surface area contributed by atoms with Gasteiger partial charge < -0.3 is 26.2 Å². The summed E-state index contributed by atoms with van der Waals surface area (Å²) in [4.78, 5) is 12.7. The van der Waals surface area contributed by atoms with Crippen molar-refractivity contribution < 1.29 is 14.6 Å². The summed E-state index contributed by atoms with van der Waals surface area (Å²) in [5.74, 6) is 0.264. The number of pyridine rings is 1. The molecule has 2 fully saturated rings. The monoisotopic (exact) mass is 482 g/mol. The van der Waals surface area contributed by atoms with E-state index in [1.165, 1.54) is 12.4 Å². The summed E-state index contributed by atoms with van der Waals surface area (Å²) in [6, 6.07) is 6.26. The van der Waals surface area contributed by atoms with E-state index in [0.29, 0.717) is 40.8 Å². The highest BCUT2D eigenvalue weighted by atomic mass is 35.5. The van der Waals surface area contributed by atoms with Crippen LogP contribution in [0.4, 0.5) is 16.0 Å². The van der Waals surface area contributed by atoms with Gasteiger partial charge in [0.15, 0.2) is 0 Å². The van der Waals surface area contributed by atoms with Gasteiger partial charge in [-0.2, -0.15) is 0 Å². The molecule has 8 nitrogen and oxygen atoms in total. The van der Waals surface area contributed by atoms with Gasteiger partial charge >= 0.3 is 0 Å².